The number of ether oxygens (including phenoxy) is 1. The Bertz CT molecular complexity index is 713. The van der Waals surface area contributed by atoms with Crippen LogP contribution >= 0.6 is 0 Å². The molecule has 2 heterocycles. The number of carbonyl (C=O) groups excluding carboxylic acids is 1. The number of likely N-dealkylation sites (tertiary alicyclic amines) is 2. The van der Waals surface area contributed by atoms with Gasteiger partial charge in [0.25, 0.3) is 0 Å². The molecule has 0 spiro atoms. The average molecular weight is 385 g/mol. The summed E-state index contributed by atoms with van der Waals surface area (Å²) in [4.78, 5) is 17.1. The van der Waals surface area contributed by atoms with Crippen molar-refractivity contribution >= 4 is 12.0 Å². The van der Waals surface area contributed by atoms with Crippen molar-refractivity contribution < 1.29 is 14.6 Å². The lowest BCUT2D eigenvalue weighted by Gasteiger charge is -2.50. The van der Waals surface area contributed by atoms with E-state index in [0.717, 1.165) is 63.2 Å². The summed E-state index contributed by atoms with van der Waals surface area (Å²) < 4.78 is 5.20. The molecule has 1 aromatic carbocycles. The maximum absolute atomic E-state index is 12.6. The number of aliphatic hydroxyl groups is 1. The van der Waals surface area contributed by atoms with Gasteiger partial charge in [-0.1, -0.05) is 30.7 Å². The quantitative estimate of drug-likeness (QED) is 0.848. The van der Waals surface area contributed by atoms with Gasteiger partial charge in [0.15, 0.2) is 0 Å². The molecule has 2 saturated heterocycles. The van der Waals surface area contributed by atoms with E-state index in [9.17, 15) is 9.90 Å². The van der Waals surface area contributed by atoms with Gasteiger partial charge in [-0.15, -0.1) is 0 Å². The molecule has 1 saturated carbocycles. The van der Waals surface area contributed by atoms with Crippen molar-refractivity contribution in [2.45, 2.75) is 37.7 Å². The Hall–Kier alpha value is -1.85. The molecule has 1 N–H and O–H groups in total. The Balaban J connectivity index is 1.32. The van der Waals surface area contributed by atoms with Crippen LogP contribution in [0.1, 0.15) is 37.7 Å². The highest BCUT2D eigenvalue weighted by molar-refractivity contribution is 5.79. The third-order valence-corrected chi connectivity index (χ3v) is 6.91. The van der Waals surface area contributed by atoms with Crippen LogP contribution < -0.4 is 4.74 Å². The lowest BCUT2D eigenvalue weighted by Crippen LogP contribution is -2.61. The normalized spacial score (nSPS) is 28.8. The van der Waals surface area contributed by atoms with Gasteiger partial charge in [-0.3, -0.25) is 9.69 Å². The molecule has 1 aromatic rings. The molecule has 0 radical (unpaired) electrons. The first-order chi connectivity index (χ1) is 13.6. The van der Waals surface area contributed by atoms with Gasteiger partial charge < -0.3 is 14.7 Å². The first-order valence-electron chi connectivity index (χ1n) is 10.6. The van der Waals surface area contributed by atoms with Crippen LogP contribution in [-0.4, -0.2) is 66.2 Å². The highest BCUT2D eigenvalue weighted by Gasteiger charge is 2.46. The Morgan fingerprint density at radius 2 is 1.96 bits per heavy atom. The molecule has 4 rings (SSSR count). The first-order valence-corrected chi connectivity index (χ1v) is 10.6. The zero-order chi connectivity index (χ0) is 19.6. The minimum atomic E-state index is -0.591. The number of hydrogen-bond acceptors (Lipinski definition) is 4. The van der Waals surface area contributed by atoms with E-state index < -0.39 is 5.60 Å². The predicted molar refractivity (Wildman–Crippen MR) is 110 cm³/mol. The topological polar surface area (TPSA) is 53.0 Å². The lowest BCUT2D eigenvalue weighted by molar-refractivity contribution is -0.152. The van der Waals surface area contributed by atoms with E-state index in [0.29, 0.717) is 12.5 Å². The van der Waals surface area contributed by atoms with E-state index in [1.807, 2.05) is 17.0 Å². The van der Waals surface area contributed by atoms with E-state index in [-0.39, 0.29) is 11.8 Å². The SMILES string of the molecule is COc1ccc(C=CCN2CC[C@@]3(O)CCN(C(=O)C4CCC4)C[C@H]3C2)cc1. The van der Waals surface area contributed by atoms with E-state index in [2.05, 4.69) is 29.2 Å². The number of fused-ring (bicyclic) bond motifs is 1. The summed E-state index contributed by atoms with van der Waals surface area (Å²) in [6, 6.07) is 8.04. The van der Waals surface area contributed by atoms with Crippen molar-refractivity contribution in [3.63, 3.8) is 0 Å². The van der Waals surface area contributed by atoms with E-state index in [1.54, 1.807) is 7.11 Å². The fourth-order valence-corrected chi connectivity index (χ4v) is 4.70. The van der Waals surface area contributed by atoms with E-state index in [1.165, 1.54) is 6.42 Å². The number of piperidine rings is 2. The number of carbonyl (C=O) groups is 1. The molecule has 2 atom stereocenters. The van der Waals surface area contributed by atoms with Crippen LogP contribution in [0.2, 0.25) is 0 Å². The summed E-state index contributed by atoms with van der Waals surface area (Å²) in [6.07, 6.45) is 9.13. The molecule has 5 heteroatoms. The maximum atomic E-state index is 12.6. The Kier molecular flexibility index (Phi) is 5.74. The van der Waals surface area contributed by atoms with Crippen LogP contribution in [0.15, 0.2) is 30.3 Å². The Labute approximate surface area is 168 Å². The highest BCUT2D eigenvalue weighted by atomic mass is 16.5. The van der Waals surface area contributed by atoms with Crippen molar-refractivity contribution in [2.75, 3.05) is 39.8 Å². The summed E-state index contributed by atoms with van der Waals surface area (Å²) in [5.74, 6) is 1.60. The van der Waals surface area contributed by atoms with Crippen LogP contribution in [-0.2, 0) is 4.79 Å². The minimum absolute atomic E-state index is 0.161. The molecule has 1 amide bonds. The van der Waals surface area contributed by atoms with Crippen molar-refractivity contribution in [3.8, 4) is 5.75 Å². The number of methoxy groups -OCH3 is 1. The second kappa shape index (κ2) is 8.26. The van der Waals surface area contributed by atoms with E-state index in [4.69, 9.17) is 4.74 Å². The zero-order valence-electron chi connectivity index (χ0n) is 16.8. The van der Waals surface area contributed by atoms with Gasteiger partial charge in [0.1, 0.15) is 5.75 Å². The summed E-state index contributed by atoms with van der Waals surface area (Å²) in [5.41, 5.74) is 0.566. The van der Waals surface area contributed by atoms with Crippen molar-refractivity contribution in [2.24, 2.45) is 11.8 Å². The highest BCUT2D eigenvalue weighted by Crippen LogP contribution is 2.37. The first kappa shape index (κ1) is 19.5. The number of benzene rings is 1. The molecular weight excluding hydrogens is 352 g/mol. The fraction of sp³-hybridized carbons (Fsp3) is 0.609. The van der Waals surface area contributed by atoms with Crippen molar-refractivity contribution in [3.05, 3.63) is 35.9 Å². The number of hydrogen-bond donors (Lipinski definition) is 1. The second-order valence-corrected chi connectivity index (χ2v) is 8.65. The maximum Gasteiger partial charge on any atom is 0.225 e. The molecule has 0 bridgehead atoms. The number of amides is 1. The molecule has 0 unspecified atom stereocenters. The van der Waals surface area contributed by atoms with Crippen molar-refractivity contribution in [1.29, 1.82) is 0 Å². The van der Waals surface area contributed by atoms with Crippen LogP contribution in [0.4, 0.5) is 0 Å². The van der Waals surface area contributed by atoms with Crippen LogP contribution in [0, 0.1) is 11.8 Å². The molecular formula is C23H32N2O3. The summed E-state index contributed by atoms with van der Waals surface area (Å²) in [5, 5.41) is 11.1. The minimum Gasteiger partial charge on any atom is -0.497 e. The zero-order valence-corrected chi connectivity index (χ0v) is 16.8. The Morgan fingerprint density at radius 1 is 1.21 bits per heavy atom. The summed E-state index contributed by atoms with van der Waals surface area (Å²) in [6.45, 7) is 4.08. The van der Waals surface area contributed by atoms with Gasteiger partial charge in [-0.25, -0.2) is 0 Å². The standard InChI is InChI=1S/C23H32N2O3/c1-28-21-9-7-18(8-10-21)4-3-13-24-14-11-23(27)12-15-25(17-20(23)16-24)22(26)19-5-2-6-19/h3-4,7-10,19-20,27H,2,5-6,11-17H2,1H3/t20-,23-/m1/s1. The van der Waals surface area contributed by atoms with Gasteiger partial charge in [-0.05, 0) is 43.4 Å². The molecule has 1 aliphatic carbocycles. The van der Waals surface area contributed by atoms with Gasteiger partial charge >= 0.3 is 0 Å². The van der Waals surface area contributed by atoms with Gasteiger partial charge in [-0.2, -0.15) is 0 Å². The molecule has 0 aromatic heterocycles. The van der Waals surface area contributed by atoms with Crippen LogP contribution in [0.25, 0.3) is 6.08 Å². The van der Waals surface area contributed by atoms with Crippen LogP contribution in [0.3, 0.4) is 0 Å². The summed E-state index contributed by atoms with van der Waals surface area (Å²) >= 11 is 0. The smallest absolute Gasteiger partial charge is 0.225 e. The number of rotatable bonds is 5. The van der Waals surface area contributed by atoms with Crippen molar-refractivity contribution in [1.82, 2.24) is 9.80 Å². The third kappa shape index (κ3) is 4.11. The summed E-state index contributed by atoms with van der Waals surface area (Å²) in [7, 11) is 1.68. The molecule has 152 valence electrons. The van der Waals surface area contributed by atoms with Gasteiger partial charge in [0.2, 0.25) is 5.91 Å². The number of nitrogens with zero attached hydrogens (tertiary/aromatic N) is 2. The van der Waals surface area contributed by atoms with E-state index >= 15 is 0 Å². The lowest BCUT2D eigenvalue weighted by atomic mass is 9.75. The molecule has 5 nitrogen and oxygen atoms in total. The average Bonchev–Trinajstić information content (AvgIpc) is 2.67. The molecule has 3 fully saturated rings. The predicted octanol–water partition coefficient (Wildman–Crippen LogP) is 2.79. The molecule has 28 heavy (non-hydrogen) atoms. The largest absolute Gasteiger partial charge is 0.497 e. The fourth-order valence-electron chi connectivity index (χ4n) is 4.70. The Morgan fingerprint density at radius 3 is 2.64 bits per heavy atom. The molecule has 3 aliphatic rings. The molecule has 2 aliphatic heterocycles. The van der Waals surface area contributed by atoms with Gasteiger partial charge in [0.05, 0.1) is 12.7 Å². The van der Waals surface area contributed by atoms with Crippen LogP contribution in [0.5, 0.6) is 5.75 Å². The second-order valence-electron chi connectivity index (χ2n) is 8.65. The monoisotopic (exact) mass is 384 g/mol. The third-order valence-electron chi connectivity index (χ3n) is 6.91. The van der Waals surface area contributed by atoms with Gasteiger partial charge in [0, 0.05) is 44.6 Å².